The van der Waals surface area contributed by atoms with Crippen LogP contribution in [0.3, 0.4) is 0 Å². The zero-order valence-electron chi connectivity index (χ0n) is 12.2. The van der Waals surface area contributed by atoms with Crippen molar-refractivity contribution >= 4 is 46.4 Å². The Morgan fingerprint density at radius 1 is 1.22 bits per heavy atom. The Bertz CT molecular complexity index is 951. The number of nitrogens with two attached hydrogens (primary N) is 1. The number of aromatic nitrogens is 1. The molecule has 1 heterocycles. The number of halogens is 1. The lowest BCUT2D eigenvalue weighted by Crippen LogP contribution is -2.26. The third-order valence-corrected chi connectivity index (χ3v) is 6.44. The molecular weight excluding hydrogens is 335 g/mol. The molecule has 1 amide bonds. The van der Waals surface area contributed by atoms with Crippen LogP contribution in [0.4, 0.5) is 0 Å². The monoisotopic (exact) mass is 348 g/mol. The third kappa shape index (κ3) is 2.57. The van der Waals surface area contributed by atoms with Crippen LogP contribution in [0.25, 0.3) is 10.9 Å². The van der Waals surface area contributed by atoms with Crippen LogP contribution in [0.1, 0.15) is 10.4 Å². The molecule has 0 spiro atoms. The zero-order chi connectivity index (χ0) is 16.6. The zero-order valence-corrected chi connectivity index (χ0v) is 13.9. The minimum Gasteiger partial charge on any atom is -0.366 e. The Morgan fingerprint density at radius 3 is 2.65 bits per heavy atom. The average Bonchev–Trinajstić information content (AvgIpc) is 2.98. The van der Waals surface area contributed by atoms with Gasteiger partial charge in [0, 0.05) is 29.2 Å². The van der Waals surface area contributed by atoms with Crippen LogP contribution in [-0.2, 0) is 9.09 Å². The normalized spacial score (nSPS) is 13.8. The van der Waals surface area contributed by atoms with Gasteiger partial charge in [0.2, 0.25) is 5.91 Å². The first kappa shape index (κ1) is 15.8. The van der Waals surface area contributed by atoms with E-state index in [-0.39, 0.29) is 10.9 Å². The maximum absolute atomic E-state index is 13.6. The van der Waals surface area contributed by atoms with Crippen molar-refractivity contribution in [1.29, 1.82) is 0 Å². The highest BCUT2D eigenvalue weighted by Crippen LogP contribution is 2.47. The molecule has 0 fully saturated rings. The van der Waals surface area contributed by atoms with E-state index < -0.39 is 13.3 Å². The molecular formula is C16H14ClN2O3P. The number of nitrogens with one attached hydrogen (secondary N) is 1. The summed E-state index contributed by atoms with van der Waals surface area (Å²) in [7, 11) is -2.20. The summed E-state index contributed by atoms with van der Waals surface area (Å²) in [4.78, 5) is 14.8. The van der Waals surface area contributed by atoms with Gasteiger partial charge in [-0.2, -0.15) is 0 Å². The molecule has 0 saturated heterocycles. The van der Waals surface area contributed by atoms with Crippen molar-refractivity contribution in [3.05, 3.63) is 59.2 Å². The predicted molar refractivity (Wildman–Crippen MR) is 92.2 cm³/mol. The number of carbonyl (C=O) groups excluding carboxylic acids is 1. The lowest BCUT2D eigenvalue weighted by atomic mass is 10.2. The number of primary amides is 1. The van der Waals surface area contributed by atoms with Crippen LogP contribution >= 0.6 is 19.0 Å². The van der Waals surface area contributed by atoms with Crippen LogP contribution in [0, 0.1) is 0 Å². The maximum atomic E-state index is 13.6. The molecule has 0 bridgehead atoms. The van der Waals surface area contributed by atoms with Crippen molar-refractivity contribution in [2.24, 2.45) is 5.73 Å². The summed E-state index contributed by atoms with van der Waals surface area (Å²) in [6, 6.07) is 11.9. The van der Waals surface area contributed by atoms with Crippen LogP contribution < -0.4 is 16.3 Å². The van der Waals surface area contributed by atoms with E-state index in [2.05, 4.69) is 4.98 Å². The molecule has 1 aromatic heterocycles. The van der Waals surface area contributed by atoms with Crippen molar-refractivity contribution in [2.45, 2.75) is 0 Å². The highest BCUT2D eigenvalue weighted by Gasteiger charge is 2.34. The molecule has 7 heteroatoms. The molecule has 23 heavy (non-hydrogen) atoms. The summed E-state index contributed by atoms with van der Waals surface area (Å²) in [5, 5.41) is 1.78. The molecule has 3 rings (SSSR count). The number of carbonyl (C=O) groups is 1. The number of para-hydroxylation sites is 1. The second-order valence-corrected chi connectivity index (χ2v) is 7.85. The van der Waals surface area contributed by atoms with E-state index >= 15 is 0 Å². The minimum atomic E-state index is -3.54. The van der Waals surface area contributed by atoms with E-state index in [1.807, 2.05) is 24.3 Å². The Morgan fingerprint density at radius 2 is 1.96 bits per heavy atom. The minimum absolute atomic E-state index is 0.130. The maximum Gasteiger partial charge on any atom is 0.263 e. The summed E-state index contributed by atoms with van der Waals surface area (Å²) in [6.45, 7) is 0. The van der Waals surface area contributed by atoms with Crippen molar-refractivity contribution in [1.82, 2.24) is 4.98 Å². The molecule has 5 nitrogen and oxygen atoms in total. The summed E-state index contributed by atoms with van der Waals surface area (Å²) in [6.07, 6.45) is 1.63. The molecule has 0 radical (unpaired) electrons. The molecule has 0 aliphatic carbocycles. The Hall–Kier alpha value is -2.07. The Balaban J connectivity index is 2.33. The molecule has 1 unspecified atom stereocenters. The highest BCUT2D eigenvalue weighted by atomic mass is 35.5. The molecule has 1 atom stereocenters. The fourth-order valence-corrected chi connectivity index (χ4v) is 5.04. The Kier molecular flexibility index (Phi) is 4.02. The summed E-state index contributed by atoms with van der Waals surface area (Å²) < 4.78 is 19.0. The number of H-pyrrole nitrogens is 1. The van der Waals surface area contributed by atoms with Crippen molar-refractivity contribution in [2.75, 3.05) is 7.11 Å². The van der Waals surface area contributed by atoms with Gasteiger partial charge in [-0.1, -0.05) is 29.8 Å². The summed E-state index contributed by atoms with van der Waals surface area (Å²) >= 11 is 6.03. The first-order valence-corrected chi connectivity index (χ1v) is 8.80. The van der Waals surface area contributed by atoms with Gasteiger partial charge in [-0.25, -0.2) is 0 Å². The molecule has 3 N–H and O–H groups in total. The predicted octanol–water partition coefficient (Wildman–Crippen LogP) is 2.80. The number of benzene rings is 2. The van der Waals surface area contributed by atoms with Crippen molar-refractivity contribution in [3.63, 3.8) is 0 Å². The lowest BCUT2D eigenvalue weighted by molar-refractivity contribution is 0.100. The molecule has 0 aliphatic rings. The molecule has 118 valence electrons. The fraction of sp³-hybridized carbons (Fsp3) is 0.0625. The van der Waals surface area contributed by atoms with E-state index in [1.54, 1.807) is 6.20 Å². The quantitative estimate of drug-likeness (QED) is 0.711. The smallest absolute Gasteiger partial charge is 0.263 e. The lowest BCUT2D eigenvalue weighted by Gasteiger charge is -2.18. The average molecular weight is 349 g/mol. The van der Waals surface area contributed by atoms with E-state index in [0.29, 0.717) is 10.3 Å². The van der Waals surface area contributed by atoms with Gasteiger partial charge in [-0.3, -0.25) is 9.36 Å². The number of amides is 1. The number of rotatable bonds is 4. The molecule has 2 aromatic carbocycles. The van der Waals surface area contributed by atoms with Gasteiger partial charge in [0.15, 0.2) is 0 Å². The largest absolute Gasteiger partial charge is 0.366 e. The van der Waals surface area contributed by atoms with Crippen LogP contribution in [-0.4, -0.2) is 18.0 Å². The highest BCUT2D eigenvalue weighted by molar-refractivity contribution is 7.75. The summed E-state index contributed by atoms with van der Waals surface area (Å²) in [5.74, 6) is -0.686. The number of hydrogen-bond acceptors (Lipinski definition) is 3. The van der Waals surface area contributed by atoms with E-state index in [9.17, 15) is 9.36 Å². The molecule has 0 saturated carbocycles. The van der Waals surface area contributed by atoms with Crippen molar-refractivity contribution in [3.8, 4) is 0 Å². The first-order valence-electron chi connectivity index (χ1n) is 6.80. The van der Waals surface area contributed by atoms with Gasteiger partial charge in [-0.05, 0) is 24.3 Å². The molecule has 0 aliphatic heterocycles. The Labute approximate surface area is 137 Å². The van der Waals surface area contributed by atoms with Gasteiger partial charge in [0.1, 0.15) is 0 Å². The third-order valence-electron chi connectivity index (χ3n) is 3.68. The van der Waals surface area contributed by atoms with Crippen molar-refractivity contribution < 1.29 is 13.9 Å². The molecule has 3 aromatic rings. The number of hydrogen-bond donors (Lipinski definition) is 2. The number of fused-ring (bicyclic) bond motifs is 1. The second-order valence-electron chi connectivity index (χ2n) is 4.98. The van der Waals surface area contributed by atoms with E-state index in [1.165, 1.54) is 25.3 Å². The van der Waals surface area contributed by atoms with Crippen LogP contribution in [0.2, 0.25) is 5.02 Å². The van der Waals surface area contributed by atoms with E-state index in [0.717, 1.165) is 10.9 Å². The van der Waals surface area contributed by atoms with Gasteiger partial charge in [-0.15, -0.1) is 0 Å². The van der Waals surface area contributed by atoms with Gasteiger partial charge in [0.05, 0.1) is 16.2 Å². The van der Waals surface area contributed by atoms with E-state index in [4.69, 9.17) is 21.9 Å². The first-order chi connectivity index (χ1) is 11.0. The number of aromatic amines is 1. The van der Waals surface area contributed by atoms with Crippen LogP contribution in [0.15, 0.2) is 48.7 Å². The fourth-order valence-electron chi connectivity index (χ4n) is 2.58. The van der Waals surface area contributed by atoms with Gasteiger partial charge >= 0.3 is 0 Å². The van der Waals surface area contributed by atoms with Gasteiger partial charge in [0.25, 0.3) is 7.37 Å². The second kappa shape index (κ2) is 5.85. The standard InChI is InChI=1S/C16H14ClN2O3P/c1-22-23(21,14-8-10(17)6-7-12(14)16(18)20)15-9-19-13-5-3-2-4-11(13)15/h2-9,19H,1H3,(H2,18,20). The van der Waals surface area contributed by atoms with Gasteiger partial charge < -0.3 is 15.2 Å². The summed E-state index contributed by atoms with van der Waals surface area (Å²) in [5.41, 5.74) is 6.37. The topological polar surface area (TPSA) is 85.2 Å². The van der Waals surface area contributed by atoms with Crippen LogP contribution in [0.5, 0.6) is 0 Å². The SMILES string of the molecule is COP(=O)(c1cc(Cl)ccc1C(N)=O)c1c[nH]c2ccccc12.